The van der Waals surface area contributed by atoms with Gasteiger partial charge in [0.1, 0.15) is 0 Å². The first-order valence-corrected chi connectivity index (χ1v) is 1.56. The Labute approximate surface area is 68.5 Å². The summed E-state index contributed by atoms with van der Waals surface area (Å²) in [4.78, 5) is 28.5. The standard InChI is InChI=1S/C3H2O5.In.3H/c4-1(2(5)6)3(7)8;;;;/h(H,5,6)(H,7,8);;;;. The number of ketones is 1. The SMILES string of the molecule is O=C(O)C(=O)C(=O)O.[InH3]. The number of carbonyl (C=O) groups excluding carboxylic acids is 1. The molecule has 0 saturated carbocycles. The molecular weight excluding hydrogens is 231 g/mol. The second-order valence-electron chi connectivity index (χ2n) is 0.939. The van der Waals surface area contributed by atoms with E-state index in [9.17, 15) is 14.4 Å². The van der Waals surface area contributed by atoms with Crippen LogP contribution in [-0.2, 0) is 14.4 Å². The third-order valence-electron chi connectivity index (χ3n) is 0.388. The Bertz CT molecular complexity index is 134. The first-order chi connectivity index (χ1) is 3.55. The van der Waals surface area contributed by atoms with Crippen LogP contribution in [0.1, 0.15) is 0 Å². The van der Waals surface area contributed by atoms with Crippen LogP contribution in [0.3, 0.4) is 0 Å². The Balaban J connectivity index is 0. The van der Waals surface area contributed by atoms with E-state index in [0.29, 0.717) is 0 Å². The van der Waals surface area contributed by atoms with Crippen molar-refractivity contribution < 1.29 is 24.6 Å². The van der Waals surface area contributed by atoms with Crippen molar-refractivity contribution >= 4 is 43.6 Å². The van der Waals surface area contributed by atoms with E-state index in [0.717, 1.165) is 0 Å². The topological polar surface area (TPSA) is 91.7 Å². The summed E-state index contributed by atoms with van der Waals surface area (Å²) in [7, 11) is 0. The van der Waals surface area contributed by atoms with Crippen molar-refractivity contribution in [3.8, 4) is 0 Å². The number of aliphatic carboxylic acids is 2. The summed E-state index contributed by atoms with van der Waals surface area (Å²) >= 11 is 0. The molecule has 0 heterocycles. The Hall–Kier alpha value is -0.520. The van der Waals surface area contributed by atoms with E-state index in [4.69, 9.17) is 10.2 Å². The third-order valence-corrected chi connectivity index (χ3v) is 0.388. The zero-order valence-electron chi connectivity index (χ0n) is 3.62. The Morgan fingerprint density at radius 2 is 1.11 bits per heavy atom. The summed E-state index contributed by atoms with van der Waals surface area (Å²) in [5.41, 5.74) is 0. The van der Waals surface area contributed by atoms with Crippen molar-refractivity contribution in [2.45, 2.75) is 0 Å². The molecule has 0 atom stereocenters. The van der Waals surface area contributed by atoms with Crippen molar-refractivity contribution in [1.82, 2.24) is 0 Å². The van der Waals surface area contributed by atoms with Gasteiger partial charge in [-0.2, -0.15) is 0 Å². The predicted octanol–water partition coefficient (Wildman–Crippen LogP) is -2.46. The van der Waals surface area contributed by atoms with Gasteiger partial charge >= 0.3 is 43.6 Å². The fraction of sp³-hybridized carbons (Fsp3) is 0. The summed E-state index contributed by atoms with van der Waals surface area (Å²) in [6, 6.07) is 0. The summed E-state index contributed by atoms with van der Waals surface area (Å²) in [5, 5.41) is 15.2. The van der Waals surface area contributed by atoms with Gasteiger partial charge in [0.25, 0.3) is 0 Å². The molecule has 0 fully saturated rings. The molecule has 0 aromatic rings. The molecule has 0 saturated heterocycles. The molecule has 0 aliphatic carbocycles. The number of hydrogen-bond donors (Lipinski definition) is 2. The van der Waals surface area contributed by atoms with Gasteiger partial charge in [0, 0.05) is 0 Å². The van der Waals surface area contributed by atoms with E-state index in [1.165, 1.54) is 0 Å². The molecule has 6 heteroatoms. The molecule has 0 aliphatic heterocycles. The molecule has 0 rings (SSSR count). The van der Waals surface area contributed by atoms with Gasteiger partial charge in [0.15, 0.2) is 0 Å². The quantitative estimate of drug-likeness (QED) is 0.409. The second kappa shape index (κ2) is 4.37. The Morgan fingerprint density at radius 1 is 0.889 bits per heavy atom. The molecule has 0 aromatic heterocycles. The maximum absolute atomic E-state index is 9.64. The van der Waals surface area contributed by atoms with Crippen molar-refractivity contribution in [3.05, 3.63) is 0 Å². The molecule has 0 amide bonds. The molecule has 0 radical (unpaired) electrons. The van der Waals surface area contributed by atoms with Gasteiger partial charge in [-0.1, -0.05) is 0 Å². The second-order valence-corrected chi connectivity index (χ2v) is 0.939. The molecule has 9 heavy (non-hydrogen) atoms. The number of hydrogen-bond acceptors (Lipinski definition) is 3. The average molecular weight is 236 g/mol. The van der Waals surface area contributed by atoms with E-state index in [1.807, 2.05) is 0 Å². The van der Waals surface area contributed by atoms with Crippen molar-refractivity contribution in [1.29, 1.82) is 0 Å². The monoisotopic (exact) mass is 236 g/mol. The molecule has 0 aromatic carbocycles. The predicted molar refractivity (Wildman–Crippen MR) is 30.2 cm³/mol. The molecule has 0 bridgehead atoms. The van der Waals surface area contributed by atoms with Crippen molar-refractivity contribution in [3.63, 3.8) is 0 Å². The van der Waals surface area contributed by atoms with Crippen LogP contribution >= 0.6 is 0 Å². The number of carboxylic acid groups (broad SMARTS) is 2. The van der Waals surface area contributed by atoms with Crippen LogP contribution in [0.5, 0.6) is 0 Å². The number of carbonyl (C=O) groups is 3. The van der Waals surface area contributed by atoms with Crippen LogP contribution in [0.15, 0.2) is 0 Å². The summed E-state index contributed by atoms with van der Waals surface area (Å²) < 4.78 is 0. The first kappa shape index (κ1) is 11.3. The van der Waals surface area contributed by atoms with E-state index in [1.54, 1.807) is 0 Å². The van der Waals surface area contributed by atoms with Gasteiger partial charge in [-0.15, -0.1) is 0 Å². The molecule has 2 N–H and O–H groups in total. The maximum atomic E-state index is 9.64. The van der Waals surface area contributed by atoms with Crippen LogP contribution < -0.4 is 0 Å². The molecule has 0 aliphatic rings. The number of rotatable bonds is 2. The van der Waals surface area contributed by atoms with E-state index < -0.39 is 17.7 Å². The Morgan fingerprint density at radius 3 is 1.11 bits per heavy atom. The van der Waals surface area contributed by atoms with Crippen LogP contribution in [0, 0.1) is 0 Å². The molecule has 0 spiro atoms. The zero-order valence-corrected chi connectivity index (χ0v) is 3.62. The Kier molecular flexibility index (Phi) is 5.48. The zero-order chi connectivity index (χ0) is 6.73. The summed E-state index contributed by atoms with van der Waals surface area (Å²) in [6.45, 7) is 0. The van der Waals surface area contributed by atoms with Crippen LogP contribution in [0.25, 0.3) is 0 Å². The summed E-state index contributed by atoms with van der Waals surface area (Å²) in [6.07, 6.45) is 0. The van der Waals surface area contributed by atoms with Gasteiger partial charge in [0.2, 0.25) is 0 Å². The molecule has 0 unspecified atom stereocenters. The first-order valence-electron chi connectivity index (χ1n) is 1.56. The molecular formula is C3H5InO5. The number of carboxylic acids is 2. The number of Topliss-reactive ketones (excluding diaryl/α,β-unsaturated/α-hetero) is 1. The van der Waals surface area contributed by atoms with Crippen LogP contribution in [0.4, 0.5) is 0 Å². The molecule has 5 nitrogen and oxygen atoms in total. The van der Waals surface area contributed by atoms with E-state index in [-0.39, 0.29) is 25.8 Å². The van der Waals surface area contributed by atoms with Gasteiger partial charge in [-0.3, -0.25) is 4.79 Å². The van der Waals surface area contributed by atoms with E-state index >= 15 is 0 Å². The van der Waals surface area contributed by atoms with Gasteiger partial charge < -0.3 is 10.2 Å². The van der Waals surface area contributed by atoms with Gasteiger partial charge in [-0.25, -0.2) is 9.59 Å². The summed E-state index contributed by atoms with van der Waals surface area (Å²) in [5.74, 6) is -5.71. The van der Waals surface area contributed by atoms with Gasteiger partial charge in [-0.05, 0) is 0 Å². The van der Waals surface area contributed by atoms with Crippen LogP contribution in [0.2, 0.25) is 0 Å². The third kappa shape index (κ3) is 4.01. The fourth-order valence-electron chi connectivity index (χ4n) is 0.0915. The van der Waals surface area contributed by atoms with Crippen molar-refractivity contribution in [2.75, 3.05) is 0 Å². The average Bonchev–Trinajstić information content (AvgIpc) is 1.64. The molecule has 50 valence electrons. The minimum atomic E-state index is -1.95. The van der Waals surface area contributed by atoms with Crippen LogP contribution in [-0.4, -0.2) is 53.8 Å². The van der Waals surface area contributed by atoms with E-state index in [2.05, 4.69) is 0 Å². The minimum absolute atomic E-state index is 0. The normalized spacial score (nSPS) is 7.11. The van der Waals surface area contributed by atoms with Gasteiger partial charge in [0.05, 0.1) is 0 Å². The van der Waals surface area contributed by atoms with Crippen molar-refractivity contribution in [2.24, 2.45) is 0 Å². The fourth-order valence-corrected chi connectivity index (χ4v) is 0.0915.